The van der Waals surface area contributed by atoms with E-state index in [-0.39, 0.29) is 17.1 Å². The number of nitrogens with one attached hydrogen (secondary N) is 1. The van der Waals surface area contributed by atoms with E-state index in [0.717, 1.165) is 51.0 Å². The van der Waals surface area contributed by atoms with Crippen molar-refractivity contribution in [1.29, 1.82) is 0 Å². The van der Waals surface area contributed by atoms with Gasteiger partial charge in [0.05, 0.1) is 5.75 Å². The van der Waals surface area contributed by atoms with Crippen molar-refractivity contribution in [3.05, 3.63) is 18.2 Å². The molecular formula is C16H25N3O3S. The second-order valence-corrected chi connectivity index (χ2v) is 9.45. The lowest BCUT2D eigenvalue weighted by Gasteiger charge is -2.32. The number of likely N-dealkylation sites (tertiary alicyclic amines) is 1. The van der Waals surface area contributed by atoms with Crippen molar-refractivity contribution in [2.45, 2.75) is 38.5 Å². The van der Waals surface area contributed by atoms with Crippen LogP contribution in [-0.4, -0.2) is 54.3 Å². The summed E-state index contributed by atoms with van der Waals surface area (Å²) in [5, 5.41) is 0. The molecule has 1 aromatic rings. The standard InChI is InChI=1S/C16H25N3O3S/c1-23(21,22)12-16(4-5-16)11-15(20)19-8-2-13(3-9-19)10-14-17-6-7-18-14/h6-7,13H,2-5,8-12H2,1H3,(H,17,18). The largest absolute Gasteiger partial charge is 0.349 e. The fraction of sp³-hybridized carbons (Fsp3) is 0.750. The van der Waals surface area contributed by atoms with Gasteiger partial charge < -0.3 is 9.88 Å². The van der Waals surface area contributed by atoms with Crippen LogP contribution in [0.5, 0.6) is 0 Å². The van der Waals surface area contributed by atoms with E-state index >= 15 is 0 Å². The number of carbonyl (C=O) groups is 1. The highest BCUT2D eigenvalue weighted by atomic mass is 32.2. The van der Waals surface area contributed by atoms with Crippen LogP contribution in [0.4, 0.5) is 0 Å². The highest BCUT2D eigenvalue weighted by Gasteiger charge is 2.47. The molecule has 1 amide bonds. The maximum absolute atomic E-state index is 12.5. The summed E-state index contributed by atoms with van der Waals surface area (Å²) in [6, 6.07) is 0. The molecule has 1 saturated carbocycles. The minimum atomic E-state index is -3.01. The molecule has 0 radical (unpaired) electrons. The molecule has 0 unspecified atom stereocenters. The third kappa shape index (κ3) is 4.56. The lowest BCUT2D eigenvalue weighted by atomic mass is 9.92. The first-order chi connectivity index (χ1) is 10.9. The van der Waals surface area contributed by atoms with Gasteiger partial charge >= 0.3 is 0 Å². The van der Waals surface area contributed by atoms with Gasteiger partial charge in [0.2, 0.25) is 5.91 Å². The molecule has 23 heavy (non-hydrogen) atoms. The molecule has 1 saturated heterocycles. The van der Waals surface area contributed by atoms with Crippen molar-refractivity contribution in [3.8, 4) is 0 Å². The average Bonchev–Trinajstić information content (AvgIpc) is 2.99. The van der Waals surface area contributed by atoms with E-state index in [4.69, 9.17) is 0 Å². The highest BCUT2D eigenvalue weighted by Crippen LogP contribution is 2.50. The van der Waals surface area contributed by atoms with Gasteiger partial charge in [-0.25, -0.2) is 13.4 Å². The summed E-state index contributed by atoms with van der Waals surface area (Å²) >= 11 is 0. The van der Waals surface area contributed by atoms with Gasteiger partial charge in [0.15, 0.2) is 0 Å². The molecule has 0 aromatic carbocycles. The quantitative estimate of drug-likeness (QED) is 0.849. The summed E-state index contributed by atoms with van der Waals surface area (Å²) < 4.78 is 23.0. The van der Waals surface area contributed by atoms with Crippen LogP contribution in [0.15, 0.2) is 12.4 Å². The summed E-state index contributed by atoms with van der Waals surface area (Å²) in [6.45, 7) is 1.55. The van der Waals surface area contributed by atoms with Crippen LogP contribution in [-0.2, 0) is 21.1 Å². The summed E-state index contributed by atoms with van der Waals surface area (Å²) in [4.78, 5) is 21.8. The zero-order chi connectivity index (χ0) is 16.5. The Hall–Kier alpha value is -1.37. The zero-order valence-corrected chi connectivity index (χ0v) is 14.4. The molecule has 0 bridgehead atoms. The van der Waals surface area contributed by atoms with E-state index < -0.39 is 9.84 Å². The normalized spacial score (nSPS) is 21.3. The minimum Gasteiger partial charge on any atom is -0.349 e. The lowest BCUT2D eigenvalue weighted by molar-refractivity contribution is -0.133. The van der Waals surface area contributed by atoms with Crippen molar-refractivity contribution < 1.29 is 13.2 Å². The van der Waals surface area contributed by atoms with Crippen LogP contribution in [0.2, 0.25) is 0 Å². The van der Waals surface area contributed by atoms with E-state index in [1.165, 1.54) is 6.26 Å². The number of sulfone groups is 1. The average molecular weight is 339 g/mol. The van der Waals surface area contributed by atoms with E-state index in [1.807, 2.05) is 11.1 Å². The first kappa shape index (κ1) is 16.5. The number of imidazole rings is 1. The Morgan fingerprint density at radius 3 is 2.61 bits per heavy atom. The Balaban J connectivity index is 1.47. The van der Waals surface area contributed by atoms with E-state index in [1.54, 1.807) is 6.20 Å². The van der Waals surface area contributed by atoms with Gasteiger partial charge in [-0.3, -0.25) is 4.79 Å². The monoisotopic (exact) mass is 339 g/mol. The fourth-order valence-electron chi connectivity index (χ4n) is 3.61. The van der Waals surface area contributed by atoms with Crippen LogP contribution in [0, 0.1) is 11.3 Å². The third-order valence-electron chi connectivity index (χ3n) is 5.06. The molecule has 1 N–H and O–H groups in total. The smallest absolute Gasteiger partial charge is 0.223 e. The summed E-state index contributed by atoms with van der Waals surface area (Å²) in [5.41, 5.74) is -0.268. The van der Waals surface area contributed by atoms with Crippen LogP contribution < -0.4 is 0 Å². The topological polar surface area (TPSA) is 83.1 Å². The minimum absolute atomic E-state index is 0.127. The zero-order valence-electron chi connectivity index (χ0n) is 13.6. The first-order valence-electron chi connectivity index (χ1n) is 8.29. The number of aromatic amines is 1. The van der Waals surface area contributed by atoms with E-state index in [2.05, 4.69) is 9.97 Å². The Labute approximate surface area is 137 Å². The number of carbonyl (C=O) groups excluding carboxylic acids is 1. The van der Waals surface area contributed by atoms with Crippen molar-refractivity contribution in [2.75, 3.05) is 25.1 Å². The molecule has 3 rings (SSSR count). The predicted molar refractivity (Wildman–Crippen MR) is 87.6 cm³/mol. The number of nitrogens with zero attached hydrogens (tertiary/aromatic N) is 2. The molecular weight excluding hydrogens is 314 g/mol. The number of amides is 1. The Bertz CT molecular complexity index is 642. The molecule has 2 fully saturated rings. The molecule has 0 atom stereocenters. The number of hydrogen-bond acceptors (Lipinski definition) is 4. The van der Waals surface area contributed by atoms with Gasteiger partial charge in [0.1, 0.15) is 15.7 Å². The molecule has 1 aliphatic carbocycles. The number of hydrogen-bond donors (Lipinski definition) is 1. The Morgan fingerprint density at radius 1 is 1.39 bits per heavy atom. The van der Waals surface area contributed by atoms with Gasteiger partial charge in [0, 0.05) is 44.6 Å². The SMILES string of the molecule is CS(=O)(=O)CC1(CC(=O)N2CCC(Cc3ncc[nH]3)CC2)CC1. The predicted octanol–water partition coefficient (Wildman–Crippen LogP) is 1.41. The van der Waals surface area contributed by atoms with Gasteiger partial charge in [-0.05, 0) is 37.0 Å². The van der Waals surface area contributed by atoms with Crippen molar-refractivity contribution >= 4 is 15.7 Å². The third-order valence-corrected chi connectivity index (χ3v) is 6.19. The summed E-state index contributed by atoms with van der Waals surface area (Å²) in [5.74, 6) is 1.86. The summed E-state index contributed by atoms with van der Waals surface area (Å²) in [6.07, 6.45) is 9.90. The van der Waals surface area contributed by atoms with Gasteiger partial charge in [-0.1, -0.05) is 0 Å². The van der Waals surface area contributed by atoms with Gasteiger partial charge in [-0.15, -0.1) is 0 Å². The molecule has 128 valence electrons. The van der Waals surface area contributed by atoms with Gasteiger partial charge in [-0.2, -0.15) is 0 Å². The summed E-state index contributed by atoms with van der Waals surface area (Å²) in [7, 11) is -3.01. The second-order valence-electron chi connectivity index (χ2n) is 7.31. The lowest BCUT2D eigenvalue weighted by Crippen LogP contribution is -2.40. The van der Waals surface area contributed by atoms with Crippen LogP contribution in [0.3, 0.4) is 0 Å². The van der Waals surface area contributed by atoms with Crippen LogP contribution >= 0.6 is 0 Å². The second kappa shape index (κ2) is 6.26. The van der Waals surface area contributed by atoms with E-state index in [9.17, 15) is 13.2 Å². The molecule has 7 heteroatoms. The van der Waals surface area contributed by atoms with Crippen LogP contribution in [0.1, 0.15) is 37.9 Å². The number of H-pyrrole nitrogens is 1. The van der Waals surface area contributed by atoms with Crippen molar-refractivity contribution in [2.24, 2.45) is 11.3 Å². The van der Waals surface area contributed by atoms with Gasteiger partial charge in [0.25, 0.3) is 0 Å². The molecule has 2 heterocycles. The molecule has 1 aromatic heterocycles. The molecule has 2 aliphatic rings. The van der Waals surface area contributed by atoms with Crippen molar-refractivity contribution in [1.82, 2.24) is 14.9 Å². The molecule has 1 aliphatic heterocycles. The van der Waals surface area contributed by atoms with Crippen molar-refractivity contribution in [3.63, 3.8) is 0 Å². The number of piperidine rings is 1. The highest BCUT2D eigenvalue weighted by molar-refractivity contribution is 7.90. The number of rotatable bonds is 6. The fourth-order valence-corrected chi connectivity index (χ4v) is 5.11. The van der Waals surface area contributed by atoms with E-state index in [0.29, 0.717) is 12.3 Å². The first-order valence-corrected chi connectivity index (χ1v) is 10.4. The maximum atomic E-state index is 12.5. The molecule has 0 spiro atoms. The molecule has 6 nitrogen and oxygen atoms in total. The Kier molecular flexibility index (Phi) is 4.49. The van der Waals surface area contributed by atoms with Crippen LogP contribution in [0.25, 0.3) is 0 Å². The number of aromatic nitrogens is 2. The maximum Gasteiger partial charge on any atom is 0.223 e. The Morgan fingerprint density at radius 2 is 2.09 bits per heavy atom.